The summed E-state index contributed by atoms with van der Waals surface area (Å²) in [4.78, 5) is 12.4. The van der Waals surface area contributed by atoms with Gasteiger partial charge in [0, 0.05) is 0 Å². The van der Waals surface area contributed by atoms with Crippen molar-refractivity contribution < 1.29 is 14.3 Å². The zero-order chi connectivity index (χ0) is 19.3. The van der Waals surface area contributed by atoms with Crippen LogP contribution in [-0.4, -0.2) is 20.1 Å². The fourth-order valence-corrected chi connectivity index (χ4v) is 2.77. The standard InChI is InChI=1S/C18H13Cl3N2O3/c1-25-15-8-10(7-13(20)17(15)26-2)6-11(9-22)18(24)23-14-5-3-4-12(19)16(14)21/h3-8H,1-2H3,(H,23,24). The van der Waals surface area contributed by atoms with Crippen LogP contribution in [0.15, 0.2) is 35.9 Å². The molecule has 0 atom stereocenters. The molecular formula is C18H13Cl3N2O3. The van der Waals surface area contributed by atoms with Gasteiger partial charge in [0.1, 0.15) is 11.6 Å². The number of rotatable bonds is 5. The molecule has 0 heterocycles. The van der Waals surface area contributed by atoms with Crippen LogP contribution in [0.5, 0.6) is 11.5 Å². The van der Waals surface area contributed by atoms with E-state index >= 15 is 0 Å². The molecule has 26 heavy (non-hydrogen) atoms. The van der Waals surface area contributed by atoms with Crippen molar-refractivity contribution >= 4 is 52.5 Å². The van der Waals surface area contributed by atoms with Gasteiger partial charge in [-0.15, -0.1) is 0 Å². The van der Waals surface area contributed by atoms with Gasteiger partial charge in [0.2, 0.25) is 0 Å². The Labute approximate surface area is 165 Å². The molecule has 0 aliphatic carbocycles. The second kappa shape index (κ2) is 8.81. The summed E-state index contributed by atoms with van der Waals surface area (Å²) in [5.41, 5.74) is 0.650. The van der Waals surface area contributed by atoms with Crippen molar-refractivity contribution in [2.75, 3.05) is 19.5 Å². The lowest BCUT2D eigenvalue weighted by atomic mass is 10.1. The molecule has 134 valence electrons. The average Bonchev–Trinajstić information content (AvgIpc) is 2.62. The summed E-state index contributed by atoms with van der Waals surface area (Å²) in [5.74, 6) is 0.101. The lowest BCUT2D eigenvalue weighted by Crippen LogP contribution is -2.13. The van der Waals surface area contributed by atoms with Gasteiger partial charge in [0.25, 0.3) is 5.91 Å². The number of carbonyl (C=O) groups is 1. The Bertz CT molecular complexity index is 921. The van der Waals surface area contributed by atoms with E-state index in [1.807, 2.05) is 6.07 Å². The molecule has 0 bridgehead atoms. The molecule has 0 aliphatic heterocycles. The van der Waals surface area contributed by atoms with Crippen LogP contribution in [0, 0.1) is 11.3 Å². The minimum Gasteiger partial charge on any atom is -0.493 e. The fraction of sp³-hybridized carbons (Fsp3) is 0.111. The third kappa shape index (κ3) is 4.41. The molecule has 2 aromatic carbocycles. The Kier molecular flexibility index (Phi) is 6.76. The Morgan fingerprint density at radius 3 is 2.50 bits per heavy atom. The van der Waals surface area contributed by atoms with Crippen LogP contribution in [0.25, 0.3) is 6.08 Å². The number of hydrogen-bond donors (Lipinski definition) is 1. The number of nitrogens with zero attached hydrogens (tertiary/aromatic N) is 1. The molecule has 1 N–H and O–H groups in total. The average molecular weight is 412 g/mol. The maximum Gasteiger partial charge on any atom is 0.266 e. The molecule has 0 unspecified atom stereocenters. The van der Waals surface area contributed by atoms with Crippen molar-refractivity contribution in [1.29, 1.82) is 5.26 Å². The number of nitriles is 1. The summed E-state index contributed by atoms with van der Waals surface area (Å²) in [6.45, 7) is 0. The molecule has 0 saturated heterocycles. The molecular weight excluding hydrogens is 399 g/mol. The normalized spacial score (nSPS) is 10.8. The predicted octanol–water partition coefficient (Wildman–Crippen LogP) is 5.21. The number of ether oxygens (including phenoxy) is 2. The number of hydrogen-bond acceptors (Lipinski definition) is 4. The van der Waals surface area contributed by atoms with E-state index in [1.54, 1.807) is 30.3 Å². The van der Waals surface area contributed by atoms with E-state index in [-0.39, 0.29) is 15.6 Å². The molecule has 0 radical (unpaired) electrons. The Hall–Kier alpha value is -2.39. The zero-order valence-corrected chi connectivity index (χ0v) is 16.0. The SMILES string of the molecule is COc1cc(C=C(C#N)C(=O)Nc2cccc(Cl)c2Cl)cc(Cl)c1OC. The first kappa shape index (κ1) is 19.9. The largest absolute Gasteiger partial charge is 0.493 e. The molecule has 2 rings (SSSR count). The third-order valence-corrected chi connectivity index (χ3v) is 4.43. The molecule has 2 aromatic rings. The predicted molar refractivity (Wildman–Crippen MR) is 103 cm³/mol. The van der Waals surface area contributed by atoms with Gasteiger partial charge < -0.3 is 14.8 Å². The van der Waals surface area contributed by atoms with Gasteiger partial charge in [-0.3, -0.25) is 4.79 Å². The third-order valence-electron chi connectivity index (χ3n) is 3.33. The monoisotopic (exact) mass is 410 g/mol. The van der Waals surface area contributed by atoms with E-state index in [0.29, 0.717) is 27.8 Å². The van der Waals surface area contributed by atoms with E-state index < -0.39 is 5.91 Å². The van der Waals surface area contributed by atoms with Crippen LogP contribution in [0.3, 0.4) is 0 Å². The minimum absolute atomic E-state index is 0.149. The Morgan fingerprint density at radius 2 is 1.88 bits per heavy atom. The van der Waals surface area contributed by atoms with Gasteiger partial charge >= 0.3 is 0 Å². The maximum atomic E-state index is 12.4. The summed E-state index contributed by atoms with van der Waals surface area (Å²) < 4.78 is 10.4. The number of benzene rings is 2. The van der Waals surface area contributed by atoms with E-state index in [4.69, 9.17) is 44.3 Å². The quantitative estimate of drug-likeness (QED) is 0.541. The topological polar surface area (TPSA) is 71.3 Å². The van der Waals surface area contributed by atoms with Gasteiger partial charge in [0.15, 0.2) is 11.5 Å². The Balaban J connectivity index is 2.36. The van der Waals surface area contributed by atoms with Crippen molar-refractivity contribution in [3.8, 4) is 17.6 Å². The minimum atomic E-state index is -0.637. The molecule has 0 fully saturated rings. The number of amides is 1. The van der Waals surface area contributed by atoms with E-state index in [0.717, 1.165) is 0 Å². The second-order valence-corrected chi connectivity index (χ2v) is 6.16. The van der Waals surface area contributed by atoms with Crippen LogP contribution in [0.2, 0.25) is 15.1 Å². The van der Waals surface area contributed by atoms with Gasteiger partial charge in [-0.05, 0) is 35.9 Å². The highest BCUT2D eigenvalue weighted by Gasteiger charge is 2.15. The zero-order valence-electron chi connectivity index (χ0n) is 13.8. The fourth-order valence-electron chi connectivity index (χ4n) is 2.13. The van der Waals surface area contributed by atoms with Crippen molar-refractivity contribution in [1.82, 2.24) is 0 Å². The molecule has 0 aromatic heterocycles. The summed E-state index contributed by atoms with van der Waals surface area (Å²) >= 11 is 18.1. The maximum absolute atomic E-state index is 12.4. The lowest BCUT2D eigenvalue weighted by molar-refractivity contribution is -0.112. The van der Waals surface area contributed by atoms with Gasteiger partial charge in [-0.2, -0.15) is 5.26 Å². The van der Waals surface area contributed by atoms with E-state index in [1.165, 1.54) is 20.3 Å². The molecule has 0 aliphatic rings. The highest BCUT2D eigenvalue weighted by atomic mass is 35.5. The van der Waals surface area contributed by atoms with Crippen LogP contribution in [-0.2, 0) is 4.79 Å². The van der Waals surface area contributed by atoms with E-state index in [2.05, 4.69) is 5.32 Å². The molecule has 5 nitrogen and oxygen atoms in total. The molecule has 1 amide bonds. The van der Waals surface area contributed by atoms with Crippen LogP contribution < -0.4 is 14.8 Å². The first-order chi connectivity index (χ1) is 12.4. The van der Waals surface area contributed by atoms with Crippen molar-refractivity contribution in [3.05, 3.63) is 56.5 Å². The van der Waals surface area contributed by atoms with Crippen LogP contribution >= 0.6 is 34.8 Å². The smallest absolute Gasteiger partial charge is 0.266 e. The lowest BCUT2D eigenvalue weighted by Gasteiger charge is -2.11. The Morgan fingerprint density at radius 1 is 1.15 bits per heavy atom. The number of anilines is 1. The number of methoxy groups -OCH3 is 2. The number of carbonyl (C=O) groups excluding carboxylic acids is 1. The van der Waals surface area contributed by atoms with Crippen LogP contribution in [0.1, 0.15) is 5.56 Å². The first-order valence-corrected chi connectivity index (χ1v) is 8.33. The number of halogens is 3. The first-order valence-electron chi connectivity index (χ1n) is 7.20. The summed E-state index contributed by atoms with van der Waals surface area (Å²) in [7, 11) is 2.92. The van der Waals surface area contributed by atoms with Crippen molar-refractivity contribution in [2.45, 2.75) is 0 Å². The molecule has 8 heteroatoms. The molecule has 0 saturated carbocycles. The highest BCUT2D eigenvalue weighted by molar-refractivity contribution is 6.44. The second-order valence-electron chi connectivity index (χ2n) is 4.96. The van der Waals surface area contributed by atoms with Gasteiger partial charge in [-0.25, -0.2) is 0 Å². The van der Waals surface area contributed by atoms with Gasteiger partial charge in [-0.1, -0.05) is 40.9 Å². The van der Waals surface area contributed by atoms with Crippen molar-refractivity contribution in [3.63, 3.8) is 0 Å². The van der Waals surface area contributed by atoms with Gasteiger partial charge in [0.05, 0.1) is 35.0 Å². The summed E-state index contributed by atoms with van der Waals surface area (Å²) in [5, 5.41) is 12.6. The summed E-state index contributed by atoms with van der Waals surface area (Å²) in [6, 6.07) is 9.80. The van der Waals surface area contributed by atoms with E-state index in [9.17, 15) is 10.1 Å². The highest BCUT2D eigenvalue weighted by Crippen LogP contribution is 2.36. The van der Waals surface area contributed by atoms with Crippen LogP contribution in [0.4, 0.5) is 5.69 Å². The number of nitrogens with one attached hydrogen (secondary N) is 1. The van der Waals surface area contributed by atoms with Crippen molar-refractivity contribution in [2.24, 2.45) is 0 Å². The molecule has 0 spiro atoms. The summed E-state index contributed by atoms with van der Waals surface area (Å²) in [6.07, 6.45) is 1.38.